The number of rotatable bonds is 17. The van der Waals surface area contributed by atoms with Crippen LogP contribution < -0.4 is 5.32 Å². The van der Waals surface area contributed by atoms with Crippen molar-refractivity contribution in [2.75, 3.05) is 32.8 Å². The van der Waals surface area contributed by atoms with Crippen LogP contribution in [0.1, 0.15) is 65.2 Å². The average molecular weight is 548 g/mol. The molecule has 0 unspecified atom stereocenters. The van der Waals surface area contributed by atoms with Crippen molar-refractivity contribution in [1.82, 2.24) is 15.1 Å². The first-order chi connectivity index (χ1) is 18.7. The molecule has 2 bridgehead atoms. The molecule has 3 saturated heterocycles. The normalized spacial score (nSPS) is 27.7. The molecule has 0 aromatic heterocycles. The number of carbonyl (C=O) groups excluding carboxylic acids is 4. The summed E-state index contributed by atoms with van der Waals surface area (Å²) in [6.45, 7) is 12.3. The molecule has 0 saturated carbocycles. The van der Waals surface area contributed by atoms with Crippen molar-refractivity contribution in [2.45, 2.75) is 89.1 Å². The van der Waals surface area contributed by atoms with Crippen molar-refractivity contribution < 1.29 is 33.8 Å². The van der Waals surface area contributed by atoms with E-state index >= 15 is 0 Å². The molecule has 10 heteroatoms. The van der Waals surface area contributed by atoms with E-state index in [9.17, 15) is 24.3 Å². The summed E-state index contributed by atoms with van der Waals surface area (Å²) in [5.74, 6) is -2.86. The Labute approximate surface area is 231 Å². The van der Waals surface area contributed by atoms with E-state index in [1.54, 1.807) is 24.0 Å². The Kier molecular flexibility index (Phi) is 11.1. The summed E-state index contributed by atoms with van der Waals surface area (Å²) in [5.41, 5.74) is -1.11. The van der Waals surface area contributed by atoms with Gasteiger partial charge in [-0.3, -0.25) is 19.2 Å². The molecular formula is C29H45N3O7. The Morgan fingerprint density at radius 3 is 2.72 bits per heavy atom. The lowest BCUT2D eigenvalue weighted by Crippen LogP contribution is -2.56. The number of aliphatic hydroxyl groups is 1. The van der Waals surface area contributed by atoms with Gasteiger partial charge in [0.2, 0.25) is 17.7 Å². The maximum Gasteiger partial charge on any atom is 0.312 e. The van der Waals surface area contributed by atoms with Crippen molar-refractivity contribution >= 4 is 23.7 Å². The van der Waals surface area contributed by atoms with E-state index in [4.69, 9.17) is 9.47 Å². The molecular weight excluding hydrogens is 502 g/mol. The fourth-order valence-corrected chi connectivity index (χ4v) is 6.25. The summed E-state index contributed by atoms with van der Waals surface area (Å²) in [5, 5.41) is 12.2. The molecule has 218 valence electrons. The molecule has 3 rings (SSSR count). The summed E-state index contributed by atoms with van der Waals surface area (Å²) in [6, 6.07) is -0.868. The Bertz CT molecular complexity index is 925. The van der Waals surface area contributed by atoms with Crippen molar-refractivity contribution in [3.8, 4) is 0 Å². The van der Waals surface area contributed by atoms with Gasteiger partial charge in [0.05, 0.1) is 24.5 Å². The maximum absolute atomic E-state index is 14.0. The minimum absolute atomic E-state index is 0.125. The summed E-state index contributed by atoms with van der Waals surface area (Å²) in [4.78, 5) is 56.5. The number of nitrogens with one attached hydrogen (secondary N) is 1. The van der Waals surface area contributed by atoms with Crippen molar-refractivity contribution in [2.24, 2.45) is 11.8 Å². The van der Waals surface area contributed by atoms with E-state index < -0.39 is 41.7 Å². The second kappa shape index (κ2) is 14.1. The third-order valence-electron chi connectivity index (χ3n) is 8.04. The summed E-state index contributed by atoms with van der Waals surface area (Å²) in [7, 11) is 0. The number of unbranched alkanes of at least 4 members (excludes halogenated alkanes) is 2. The monoisotopic (exact) mass is 547 g/mol. The van der Waals surface area contributed by atoms with E-state index in [-0.39, 0.29) is 37.4 Å². The van der Waals surface area contributed by atoms with Gasteiger partial charge < -0.3 is 29.7 Å². The number of nitrogens with zero attached hydrogens (tertiary/aromatic N) is 2. The Hall–Kier alpha value is -2.72. The first kappa shape index (κ1) is 30.8. The van der Waals surface area contributed by atoms with Crippen LogP contribution in [0.2, 0.25) is 0 Å². The average Bonchev–Trinajstić information content (AvgIpc) is 3.56. The van der Waals surface area contributed by atoms with Crippen molar-refractivity contribution in [3.63, 3.8) is 0 Å². The molecule has 3 heterocycles. The van der Waals surface area contributed by atoms with E-state index in [0.717, 1.165) is 19.3 Å². The SMILES string of the molecule is C=CCCC(=O)NC[C@H](C)OC(=O)[C@@H]1[C@H]2C(=O)N(CCCO)[C@H](C(=O)N(CC=C)CCCCC)[C@]23CC[C@H]1O3. The number of likely N-dealkylation sites (tertiary alicyclic amines) is 1. The molecule has 39 heavy (non-hydrogen) atoms. The van der Waals surface area contributed by atoms with Crippen LogP contribution in [0, 0.1) is 11.8 Å². The van der Waals surface area contributed by atoms with Crippen LogP contribution in [0.25, 0.3) is 0 Å². The molecule has 0 aromatic carbocycles. The Morgan fingerprint density at radius 2 is 2.05 bits per heavy atom. The van der Waals surface area contributed by atoms with Crippen LogP contribution in [-0.2, 0) is 28.7 Å². The van der Waals surface area contributed by atoms with Gasteiger partial charge in [-0.1, -0.05) is 31.9 Å². The van der Waals surface area contributed by atoms with Crippen LogP contribution in [0.5, 0.6) is 0 Å². The largest absolute Gasteiger partial charge is 0.460 e. The zero-order valence-electron chi connectivity index (χ0n) is 23.4. The highest BCUT2D eigenvalue weighted by molar-refractivity contribution is 5.98. The Morgan fingerprint density at radius 1 is 1.28 bits per heavy atom. The van der Waals surface area contributed by atoms with Crippen LogP contribution in [-0.4, -0.2) is 95.2 Å². The van der Waals surface area contributed by atoms with Crippen LogP contribution in [0.15, 0.2) is 25.3 Å². The van der Waals surface area contributed by atoms with E-state index in [1.807, 2.05) is 0 Å². The third kappa shape index (κ3) is 6.54. The molecule has 2 N–H and O–H groups in total. The molecule has 6 atom stereocenters. The second-order valence-corrected chi connectivity index (χ2v) is 10.8. The lowest BCUT2D eigenvalue weighted by molar-refractivity contribution is -0.159. The predicted molar refractivity (Wildman–Crippen MR) is 145 cm³/mol. The zero-order chi connectivity index (χ0) is 28.6. The van der Waals surface area contributed by atoms with Gasteiger partial charge in [-0.15, -0.1) is 13.2 Å². The van der Waals surface area contributed by atoms with E-state index in [1.165, 1.54) is 4.90 Å². The lowest BCUT2D eigenvalue weighted by atomic mass is 9.70. The first-order valence-corrected chi connectivity index (χ1v) is 14.3. The number of hydrogen-bond acceptors (Lipinski definition) is 7. The number of fused-ring (bicyclic) bond motifs is 1. The number of carbonyl (C=O) groups is 4. The molecule has 3 aliphatic heterocycles. The minimum Gasteiger partial charge on any atom is -0.460 e. The Balaban J connectivity index is 1.80. The molecule has 3 fully saturated rings. The second-order valence-electron chi connectivity index (χ2n) is 10.8. The maximum atomic E-state index is 14.0. The molecule has 0 radical (unpaired) electrons. The predicted octanol–water partition coefficient (Wildman–Crippen LogP) is 1.96. The molecule has 3 amide bonds. The molecule has 0 aliphatic carbocycles. The van der Waals surface area contributed by atoms with Crippen LogP contribution in [0.4, 0.5) is 0 Å². The number of hydrogen-bond donors (Lipinski definition) is 2. The highest BCUT2D eigenvalue weighted by Crippen LogP contribution is 2.58. The van der Waals surface area contributed by atoms with Crippen molar-refractivity contribution in [1.29, 1.82) is 0 Å². The van der Waals surface area contributed by atoms with Crippen LogP contribution in [0.3, 0.4) is 0 Å². The highest BCUT2D eigenvalue weighted by Gasteiger charge is 2.75. The van der Waals surface area contributed by atoms with E-state index in [0.29, 0.717) is 45.2 Å². The van der Waals surface area contributed by atoms with Gasteiger partial charge in [-0.2, -0.15) is 0 Å². The fraction of sp³-hybridized carbons (Fsp3) is 0.724. The first-order valence-electron chi connectivity index (χ1n) is 14.3. The zero-order valence-corrected chi connectivity index (χ0v) is 23.4. The quantitative estimate of drug-likeness (QED) is 0.162. The third-order valence-corrected chi connectivity index (χ3v) is 8.04. The smallest absolute Gasteiger partial charge is 0.312 e. The van der Waals surface area contributed by atoms with Gasteiger partial charge in [0.25, 0.3) is 0 Å². The van der Waals surface area contributed by atoms with E-state index in [2.05, 4.69) is 25.4 Å². The van der Waals surface area contributed by atoms with Gasteiger partial charge in [0.1, 0.15) is 17.7 Å². The molecule has 0 aromatic rings. The number of esters is 1. The van der Waals surface area contributed by atoms with Crippen molar-refractivity contribution in [3.05, 3.63) is 25.3 Å². The molecule has 10 nitrogen and oxygen atoms in total. The summed E-state index contributed by atoms with van der Waals surface area (Å²) >= 11 is 0. The number of aliphatic hydroxyl groups excluding tert-OH is 1. The summed E-state index contributed by atoms with van der Waals surface area (Å²) < 4.78 is 12.1. The molecule has 3 aliphatic rings. The number of ether oxygens (including phenoxy) is 2. The standard InChI is InChI=1S/C29H45N3O7/c1-5-8-10-16-31(15-7-3)27(36)25-29-14-13-21(39-29)23(24(29)26(35)32(25)17-11-18-33)28(37)38-20(4)19-30-22(34)12-9-6-2/h6-7,20-21,23-25,33H,2-3,5,8-19H2,1,4H3,(H,30,34)/t20-,21+,23-,24-,25+,29-/m0/s1. The van der Waals surface area contributed by atoms with Crippen LogP contribution >= 0.6 is 0 Å². The lowest BCUT2D eigenvalue weighted by Gasteiger charge is -2.36. The van der Waals surface area contributed by atoms with Gasteiger partial charge in [-0.25, -0.2) is 0 Å². The minimum atomic E-state index is -1.11. The van der Waals surface area contributed by atoms with Gasteiger partial charge in [0, 0.05) is 32.7 Å². The fourth-order valence-electron chi connectivity index (χ4n) is 6.25. The number of allylic oxidation sites excluding steroid dienone is 1. The topological polar surface area (TPSA) is 125 Å². The molecule has 1 spiro atoms. The van der Waals surface area contributed by atoms with Gasteiger partial charge >= 0.3 is 5.97 Å². The van der Waals surface area contributed by atoms with Gasteiger partial charge in [0.15, 0.2) is 0 Å². The number of amides is 3. The summed E-state index contributed by atoms with van der Waals surface area (Å²) in [6.07, 6.45) is 7.29. The van der Waals surface area contributed by atoms with Gasteiger partial charge in [-0.05, 0) is 39.0 Å². The highest BCUT2D eigenvalue weighted by atomic mass is 16.6.